The Morgan fingerprint density at radius 3 is 1.90 bits per heavy atom. The molecule has 1 heteroatoms. The first-order valence-corrected chi connectivity index (χ1v) is 11.4. The first-order valence-electron chi connectivity index (χ1n) is 11.4. The predicted octanol–water partition coefficient (Wildman–Crippen LogP) is 6.91. The van der Waals surface area contributed by atoms with Crippen LogP contribution in [-0.4, -0.2) is 7.28 Å². The Morgan fingerprint density at radius 1 is 0.710 bits per heavy atom. The molecule has 1 radical (unpaired) electrons. The van der Waals surface area contributed by atoms with E-state index in [1.165, 1.54) is 67.1 Å². The van der Waals surface area contributed by atoms with Gasteiger partial charge in [-0.15, -0.1) is 0 Å². The molecular formula is C30H32B. The standard InChI is InChI=1S/C30H32B/c1-7-20(3)24-12-14-25(15-13-24)28-18-23(6)30(27-11-9-8-10-26(27)28)31-29-21(4)16-19(2)17-22(29)5/h8-18,20H,7H2,1-6H3. The Kier molecular flexibility index (Phi) is 6.05. The highest BCUT2D eigenvalue weighted by molar-refractivity contribution is 6.71. The highest BCUT2D eigenvalue weighted by Gasteiger charge is 2.15. The molecule has 4 aromatic rings. The second kappa shape index (κ2) is 8.75. The largest absolute Gasteiger partial charge is 0.193 e. The van der Waals surface area contributed by atoms with Gasteiger partial charge in [0.15, 0.2) is 7.28 Å². The third-order valence-corrected chi connectivity index (χ3v) is 6.72. The van der Waals surface area contributed by atoms with Crippen molar-refractivity contribution >= 4 is 29.0 Å². The van der Waals surface area contributed by atoms with Crippen molar-refractivity contribution in [2.45, 2.75) is 53.9 Å². The van der Waals surface area contributed by atoms with Gasteiger partial charge in [-0.25, -0.2) is 0 Å². The summed E-state index contributed by atoms with van der Waals surface area (Å²) in [5.41, 5.74) is 12.0. The Labute approximate surface area is 188 Å². The molecule has 0 N–H and O–H groups in total. The Morgan fingerprint density at radius 2 is 1.29 bits per heavy atom. The molecule has 31 heavy (non-hydrogen) atoms. The van der Waals surface area contributed by atoms with E-state index in [4.69, 9.17) is 0 Å². The molecule has 0 fully saturated rings. The van der Waals surface area contributed by atoms with Gasteiger partial charge in [0.1, 0.15) is 0 Å². The van der Waals surface area contributed by atoms with Crippen molar-refractivity contribution in [2.75, 3.05) is 0 Å². The molecule has 0 aliphatic heterocycles. The Balaban J connectivity index is 1.84. The molecule has 0 saturated carbocycles. The quantitative estimate of drug-likeness (QED) is 0.318. The molecule has 0 nitrogen and oxygen atoms in total. The summed E-state index contributed by atoms with van der Waals surface area (Å²) in [6.45, 7) is 13.4. The second-order valence-electron chi connectivity index (χ2n) is 9.09. The minimum absolute atomic E-state index is 0.602. The van der Waals surface area contributed by atoms with Crippen LogP contribution in [0.15, 0.2) is 66.7 Å². The van der Waals surface area contributed by atoms with Crippen LogP contribution < -0.4 is 10.9 Å². The molecule has 0 heterocycles. The van der Waals surface area contributed by atoms with Crippen molar-refractivity contribution in [1.29, 1.82) is 0 Å². The third-order valence-electron chi connectivity index (χ3n) is 6.72. The minimum atomic E-state index is 0.602. The molecule has 0 aliphatic carbocycles. The van der Waals surface area contributed by atoms with E-state index in [1.54, 1.807) is 0 Å². The van der Waals surface area contributed by atoms with E-state index in [9.17, 15) is 0 Å². The Hall–Kier alpha value is -2.80. The van der Waals surface area contributed by atoms with Gasteiger partial charge in [-0.05, 0) is 67.5 Å². The number of hydrogen-bond donors (Lipinski definition) is 0. The zero-order chi connectivity index (χ0) is 22.1. The monoisotopic (exact) mass is 403 g/mol. The fourth-order valence-corrected chi connectivity index (χ4v) is 4.76. The molecule has 1 unspecified atom stereocenters. The lowest BCUT2D eigenvalue weighted by molar-refractivity contribution is 0.734. The van der Waals surface area contributed by atoms with Gasteiger partial charge in [-0.3, -0.25) is 0 Å². The summed E-state index contributed by atoms with van der Waals surface area (Å²) in [5, 5.41) is 2.64. The number of fused-ring (bicyclic) bond motifs is 1. The average Bonchev–Trinajstić information content (AvgIpc) is 2.76. The zero-order valence-electron chi connectivity index (χ0n) is 19.7. The molecule has 0 saturated heterocycles. The average molecular weight is 403 g/mol. The molecule has 155 valence electrons. The lowest BCUT2D eigenvalue weighted by Crippen LogP contribution is -2.33. The van der Waals surface area contributed by atoms with Gasteiger partial charge in [0.05, 0.1) is 0 Å². The van der Waals surface area contributed by atoms with Crippen LogP contribution in [0.2, 0.25) is 0 Å². The van der Waals surface area contributed by atoms with Crippen molar-refractivity contribution in [1.82, 2.24) is 0 Å². The van der Waals surface area contributed by atoms with Gasteiger partial charge in [0.2, 0.25) is 0 Å². The fraction of sp³-hybridized carbons (Fsp3) is 0.267. The van der Waals surface area contributed by atoms with Crippen molar-refractivity contribution in [3.8, 4) is 11.1 Å². The van der Waals surface area contributed by atoms with Gasteiger partial charge in [-0.2, -0.15) is 0 Å². The molecule has 0 spiro atoms. The summed E-state index contributed by atoms with van der Waals surface area (Å²) < 4.78 is 0. The lowest BCUT2D eigenvalue weighted by Gasteiger charge is -2.18. The summed E-state index contributed by atoms with van der Waals surface area (Å²) in [6.07, 6.45) is 1.17. The van der Waals surface area contributed by atoms with Crippen LogP contribution in [0.25, 0.3) is 21.9 Å². The molecule has 0 bridgehead atoms. The van der Waals surface area contributed by atoms with Crippen LogP contribution in [-0.2, 0) is 0 Å². The van der Waals surface area contributed by atoms with E-state index in [-0.39, 0.29) is 0 Å². The van der Waals surface area contributed by atoms with Crippen molar-refractivity contribution in [2.24, 2.45) is 0 Å². The van der Waals surface area contributed by atoms with Gasteiger partial charge in [-0.1, -0.05) is 114 Å². The molecule has 4 aromatic carbocycles. The molecule has 4 rings (SSSR count). The summed E-state index contributed by atoms with van der Waals surface area (Å²) in [4.78, 5) is 0. The summed E-state index contributed by atoms with van der Waals surface area (Å²) in [7, 11) is 2.39. The van der Waals surface area contributed by atoms with Crippen LogP contribution >= 0.6 is 0 Å². The number of benzene rings is 4. The smallest absolute Gasteiger partial charge is 0.0757 e. The van der Waals surface area contributed by atoms with E-state index in [0.717, 1.165) is 0 Å². The predicted molar refractivity (Wildman–Crippen MR) is 139 cm³/mol. The molecule has 1 atom stereocenters. The number of aryl methyl sites for hydroxylation is 4. The van der Waals surface area contributed by atoms with Crippen LogP contribution in [0.3, 0.4) is 0 Å². The van der Waals surface area contributed by atoms with Crippen molar-refractivity contribution < 1.29 is 0 Å². The normalized spacial score (nSPS) is 12.2. The maximum absolute atomic E-state index is 2.39. The van der Waals surface area contributed by atoms with E-state index in [0.29, 0.717) is 5.92 Å². The maximum Gasteiger partial charge on any atom is 0.193 e. The van der Waals surface area contributed by atoms with E-state index >= 15 is 0 Å². The van der Waals surface area contributed by atoms with Crippen LogP contribution in [0, 0.1) is 27.7 Å². The van der Waals surface area contributed by atoms with E-state index in [2.05, 4.69) is 116 Å². The molecule has 0 amide bonds. The summed E-state index contributed by atoms with van der Waals surface area (Å²) >= 11 is 0. The number of hydrogen-bond acceptors (Lipinski definition) is 0. The van der Waals surface area contributed by atoms with Crippen LogP contribution in [0.1, 0.15) is 54.0 Å². The van der Waals surface area contributed by atoms with E-state index in [1.807, 2.05) is 0 Å². The third kappa shape index (κ3) is 4.19. The Bertz CT molecular complexity index is 1210. The lowest BCUT2D eigenvalue weighted by atomic mass is 9.58. The van der Waals surface area contributed by atoms with Gasteiger partial charge in [0.25, 0.3) is 0 Å². The SMILES string of the molecule is CCC(C)c1ccc(-c2cc(C)c([B]c3c(C)cc(C)cc3C)c3ccccc23)cc1. The van der Waals surface area contributed by atoms with Gasteiger partial charge >= 0.3 is 0 Å². The number of rotatable bonds is 5. The topological polar surface area (TPSA) is 0 Å². The maximum atomic E-state index is 2.39. The van der Waals surface area contributed by atoms with Gasteiger partial charge in [0, 0.05) is 0 Å². The first kappa shape index (κ1) is 21.4. The molecule has 0 aromatic heterocycles. The zero-order valence-corrected chi connectivity index (χ0v) is 19.7. The minimum Gasteiger partial charge on any atom is -0.0757 e. The molecule has 0 aliphatic rings. The molecular weight excluding hydrogens is 371 g/mol. The van der Waals surface area contributed by atoms with Gasteiger partial charge < -0.3 is 0 Å². The summed E-state index contributed by atoms with van der Waals surface area (Å²) in [5.74, 6) is 0.602. The highest BCUT2D eigenvalue weighted by Crippen LogP contribution is 2.30. The fourth-order valence-electron chi connectivity index (χ4n) is 4.76. The van der Waals surface area contributed by atoms with Crippen molar-refractivity contribution in [3.05, 3.63) is 94.5 Å². The summed E-state index contributed by atoms with van der Waals surface area (Å²) in [6, 6.07) is 25.0. The highest BCUT2D eigenvalue weighted by atomic mass is 14.1. The van der Waals surface area contributed by atoms with E-state index < -0.39 is 0 Å². The van der Waals surface area contributed by atoms with Crippen molar-refractivity contribution in [3.63, 3.8) is 0 Å². The first-order chi connectivity index (χ1) is 14.9. The second-order valence-corrected chi connectivity index (χ2v) is 9.09. The van der Waals surface area contributed by atoms with Crippen LogP contribution in [0.4, 0.5) is 0 Å². The van der Waals surface area contributed by atoms with Crippen LogP contribution in [0.5, 0.6) is 0 Å².